The molecule has 0 saturated carbocycles. The van der Waals surface area contributed by atoms with Gasteiger partial charge in [0.1, 0.15) is 0 Å². The van der Waals surface area contributed by atoms with E-state index in [1.807, 2.05) is 34.6 Å². The monoisotopic (exact) mass is 262 g/mol. The van der Waals surface area contributed by atoms with Gasteiger partial charge < -0.3 is 9.47 Å². The molecule has 0 bridgehead atoms. The third-order valence-electron chi connectivity index (χ3n) is 2.20. The van der Waals surface area contributed by atoms with Crippen molar-refractivity contribution in [1.82, 2.24) is 0 Å². The van der Waals surface area contributed by atoms with Gasteiger partial charge in [-0.25, -0.2) is 0 Å². The third kappa shape index (κ3) is 14.9. The molecule has 18 heavy (non-hydrogen) atoms. The van der Waals surface area contributed by atoms with Gasteiger partial charge in [-0.3, -0.25) is 9.59 Å². The van der Waals surface area contributed by atoms with Gasteiger partial charge >= 0.3 is 11.9 Å². The van der Waals surface area contributed by atoms with Crippen molar-refractivity contribution in [1.29, 1.82) is 0 Å². The second-order valence-corrected chi connectivity index (χ2v) is 3.36. The van der Waals surface area contributed by atoms with Crippen LogP contribution < -0.4 is 0 Å². The zero-order valence-corrected chi connectivity index (χ0v) is 13.0. The number of esters is 2. The molecule has 110 valence electrons. The first-order valence-corrected chi connectivity index (χ1v) is 6.71. The fourth-order valence-corrected chi connectivity index (χ4v) is 1.09. The number of ether oxygens (including phenoxy) is 2. The molecule has 0 rings (SSSR count). The number of hydrogen-bond acceptors (Lipinski definition) is 4. The van der Waals surface area contributed by atoms with Crippen molar-refractivity contribution in [2.75, 3.05) is 14.2 Å². The summed E-state index contributed by atoms with van der Waals surface area (Å²) in [5.74, 6) is -0.0995. The molecule has 0 saturated heterocycles. The molecular formula is C14H30O4. The molecule has 0 amide bonds. The van der Waals surface area contributed by atoms with Crippen LogP contribution in [0.1, 0.15) is 60.3 Å². The summed E-state index contributed by atoms with van der Waals surface area (Å²) < 4.78 is 8.91. The van der Waals surface area contributed by atoms with E-state index >= 15 is 0 Å². The molecule has 0 spiro atoms. The molecule has 0 aromatic rings. The van der Waals surface area contributed by atoms with Crippen molar-refractivity contribution in [3.05, 3.63) is 0 Å². The average molecular weight is 262 g/mol. The molecule has 0 unspecified atom stereocenters. The number of hydrogen-bond donors (Lipinski definition) is 0. The summed E-state index contributed by atoms with van der Waals surface area (Å²) >= 11 is 0. The smallest absolute Gasteiger partial charge is 0.308 e. The summed E-state index contributed by atoms with van der Waals surface area (Å²) in [6.07, 6.45) is 3.16. The van der Waals surface area contributed by atoms with E-state index in [1.54, 1.807) is 0 Å². The minimum absolute atomic E-state index is 0.0833. The van der Waals surface area contributed by atoms with E-state index in [2.05, 4.69) is 9.47 Å². The lowest BCUT2D eigenvalue weighted by molar-refractivity contribution is -0.145. The van der Waals surface area contributed by atoms with Gasteiger partial charge in [-0.15, -0.1) is 0 Å². The van der Waals surface area contributed by atoms with Crippen LogP contribution in [0.5, 0.6) is 0 Å². The van der Waals surface area contributed by atoms with E-state index in [0.717, 1.165) is 19.3 Å². The van der Waals surface area contributed by atoms with Crippen molar-refractivity contribution in [2.45, 2.75) is 60.3 Å². The second kappa shape index (κ2) is 18.3. The topological polar surface area (TPSA) is 52.6 Å². The molecule has 0 aromatic carbocycles. The number of methoxy groups -OCH3 is 2. The maximum atomic E-state index is 10.8. The molecular weight excluding hydrogens is 232 g/mol. The Morgan fingerprint density at radius 2 is 1.39 bits per heavy atom. The third-order valence-corrected chi connectivity index (χ3v) is 2.20. The van der Waals surface area contributed by atoms with Gasteiger partial charge in [0.2, 0.25) is 0 Å². The highest BCUT2D eigenvalue weighted by Gasteiger charge is 2.12. The zero-order valence-electron chi connectivity index (χ0n) is 13.0. The van der Waals surface area contributed by atoms with Crippen LogP contribution in [-0.2, 0) is 19.1 Å². The van der Waals surface area contributed by atoms with Gasteiger partial charge in [0.15, 0.2) is 0 Å². The predicted octanol–water partition coefficient (Wildman–Crippen LogP) is 3.58. The Balaban J connectivity index is -0.000000225. The Bertz CT molecular complexity index is 186. The Labute approximate surface area is 112 Å². The first-order valence-electron chi connectivity index (χ1n) is 6.71. The molecule has 0 aliphatic heterocycles. The Hall–Kier alpha value is -1.06. The lowest BCUT2D eigenvalue weighted by Gasteiger charge is -2.07. The van der Waals surface area contributed by atoms with E-state index in [1.165, 1.54) is 14.2 Å². The van der Waals surface area contributed by atoms with E-state index in [-0.39, 0.29) is 17.9 Å². The summed E-state index contributed by atoms with van der Waals surface area (Å²) in [6, 6.07) is 0. The van der Waals surface area contributed by atoms with E-state index in [4.69, 9.17) is 0 Å². The molecule has 0 N–H and O–H groups in total. The average Bonchev–Trinajstić information content (AvgIpc) is 2.43. The summed E-state index contributed by atoms with van der Waals surface area (Å²) in [7, 11) is 2.83. The predicted molar refractivity (Wildman–Crippen MR) is 74.4 cm³/mol. The van der Waals surface area contributed by atoms with Crippen LogP contribution in [0.2, 0.25) is 0 Å². The molecule has 4 nitrogen and oxygen atoms in total. The van der Waals surface area contributed by atoms with Crippen LogP contribution in [0.4, 0.5) is 0 Å². The van der Waals surface area contributed by atoms with Gasteiger partial charge in [-0.05, 0) is 19.3 Å². The first-order chi connectivity index (χ1) is 8.56. The molecule has 4 heteroatoms. The fraction of sp³-hybridized carbons (Fsp3) is 0.857. The maximum absolute atomic E-state index is 10.8. The van der Waals surface area contributed by atoms with E-state index in [0.29, 0.717) is 6.42 Å². The first kappa shape index (κ1) is 22.1. The lowest BCUT2D eigenvalue weighted by atomic mass is 10.0. The summed E-state index contributed by atoms with van der Waals surface area (Å²) in [5, 5.41) is 0. The van der Waals surface area contributed by atoms with Gasteiger partial charge in [-0.2, -0.15) is 0 Å². The highest BCUT2D eigenvalue weighted by molar-refractivity contribution is 5.72. The largest absolute Gasteiger partial charge is 0.469 e. The molecule has 0 radical (unpaired) electrons. The summed E-state index contributed by atoms with van der Waals surface area (Å²) in [5.41, 5.74) is 0. The fourth-order valence-electron chi connectivity index (χ4n) is 1.09. The van der Waals surface area contributed by atoms with Gasteiger partial charge in [0, 0.05) is 6.42 Å². The van der Waals surface area contributed by atoms with E-state index in [9.17, 15) is 9.59 Å². The quantitative estimate of drug-likeness (QED) is 0.711. The summed E-state index contributed by atoms with van der Waals surface area (Å²) in [4.78, 5) is 20.9. The van der Waals surface area contributed by atoms with Gasteiger partial charge in [0.05, 0.1) is 20.1 Å². The molecule has 0 aromatic heterocycles. The Morgan fingerprint density at radius 1 is 0.944 bits per heavy atom. The molecule has 0 heterocycles. The Morgan fingerprint density at radius 3 is 1.50 bits per heavy atom. The lowest BCUT2D eigenvalue weighted by Crippen LogP contribution is -2.13. The SMILES string of the molecule is CC.CCC(CC)C(=O)OC.CCCC(=O)OC. The highest BCUT2D eigenvalue weighted by Crippen LogP contribution is 2.08. The van der Waals surface area contributed by atoms with Crippen molar-refractivity contribution in [2.24, 2.45) is 5.92 Å². The standard InChI is InChI=1S/C7H14O2.C5H10O2.C2H6/c1-4-6(5-2)7(8)9-3;1-3-4-5(6)7-2;1-2/h6H,4-5H2,1-3H3;3-4H2,1-2H3;1-2H3. The van der Waals surface area contributed by atoms with Crippen LogP contribution in [0.3, 0.4) is 0 Å². The van der Waals surface area contributed by atoms with Crippen molar-refractivity contribution < 1.29 is 19.1 Å². The van der Waals surface area contributed by atoms with Crippen molar-refractivity contribution >= 4 is 11.9 Å². The molecule has 0 aliphatic rings. The van der Waals surface area contributed by atoms with Crippen molar-refractivity contribution in [3.8, 4) is 0 Å². The molecule has 0 aliphatic carbocycles. The Kier molecular flexibility index (Phi) is 22.5. The number of carbonyl (C=O) groups excluding carboxylic acids is 2. The zero-order chi connectivity index (χ0) is 15.0. The summed E-state index contributed by atoms with van der Waals surface area (Å²) in [6.45, 7) is 9.92. The minimum Gasteiger partial charge on any atom is -0.469 e. The molecule has 0 atom stereocenters. The number of carbonyl (C=O) groups is 2. The highest BCUT2D eigenvalue weighted by atomic mass is 16.5. The minimum atomic E-state index is -0.123. The van der Waals surface area contributed by atoms with Gasteiger partial charge in [0.25, 0.3) is 0 Å². The van der Waals surface area contributed by atoms with Crippen LogP contribution >= 0.6 is 0 Å². The maximum Gasteiger partial charge on any atom is 0.308 e. The molecule has 0 fully saturated rings. The van der Waals surface area contributed by atoms with Crippen LogP contribution in [0, 0.1) is 5.92 Å². The van der Waals surface area contributed by atoms with Crippen LogP contribution in [-0.4, -0.2) is 26.2 Å². The van der Waals surface area contributed by atoms with E-state index < -0.39 is 0 Å². The van der Waals surface area contributed by atoms with Crippen LogP contribution in [0.15, 0.2) is 0 Å². The normalized spacial score (nSPS) is 8.44. The van der Waals surface area contributed by atoms with Crippen molar-refractivity contribution in [3.63, 3.8) is 0 Å². The van der Waals surface area contributed by atoms with Gasteiger partial charge in [-0.1, -0.05) is 34.6 Å². The van der Waals surface area contributed by atoms with Crippen LogP contribution in [0.25, 0.3) is 0 Å². The number of rotatable bonds is 5. The second-order valence-electron chi connectivity index (χ2n) is 3.36.